The Hall–Kier alpha value is -2.13. The minimum atomic E-state index is 0.0362. The van der Waals surface area contributed by atoms with E-state index < -0.39 is 0 Å². The molecule has 1 unspecified atom stereocenters. The van der Waals surface area contributed by atoms with Gasteiger partial charge in [0.1, 0.15) is 6.10 Å². The molecule has 0 saturated carbocycles. The van der Waals surface area contributed by atoms with E-state index in [1.54, 1.807) is 0 Å². The van der Waals surface area contributed by atoms with Crippen molar-refractivity contribution in [2.24, 2.45) is 0 Å². The molecule has 27 heavy (non-hydrogen) atoms. The topological polar surface area (TPSA) is 12.5 Å². The second-order valence-electron chi connectivity index (χ2n) is 7.09. The van der Waals surface area contributed by atoms with E-state index in [-0.39, 0.29) is 6.10 Å². The molecule has 1 fully saturated rings. The summed E-state index contributed by atoms with van der Waals surface area (Å²) >= 11 is 5.55. The number of nitrogens with zero attached hydrogens (tertiary/aromatic N) is 1. The maximum atomic E-state index is 6.18. The number of hydrogen-bond acceptors (Lipinski definition) is 2. The average Bonchev–Trinajstić information content (AvgIpc) is 3.26. The molecule has 0 radical (unpaired) electrons. The lowest BCUT2D eigenvalue weighted by Gasteiger charge is -2.23. The van der Waals surface area contributed by atoms with Crippen LogP contribution in [0.5, 0.6) is 0 Å². The third-order valence-corrected chi connectivity index (χ3v) is 5.32. The van der Waals surface area contributed by atoms with Crippen molar-refractivity contribution in [3.8, 4) is 0 Å². The van der Waals surface area contributed by atoms with Crippen molar-refractivity contribution >= 4 is 17.4 Å². The fraction of sp³-hybridized carbons (Fsp3) is 0.375. The van der Waals surface area contributed by atoms with Crippen molar-refractivity contribution in [1.29, 1.82) is 0 Å². The number of allylic oxidation sites excluding steroid dienone is 1. The predicted octanol–water partition coefficient (Wildman–Crippen LogP) is 5.57. The molecule has 1 aliphatic rings. The molecule has 0 bridgehead atoms. The second-order valence-corrected chi connectivity index (χ2v) is 7.44. The molecule has 2 nitrogen and oxygen atoms in total. The number of thiocarbonyl (C=S) groups is 1. The molecule has 2 aromatic rings. The molecule has 1 saturated heterocycles. The fourth-order valence-electron chi connectivity index (χ4n) is 3.39. The molecule has 0 aliphatic carbocycles. The van der Waals surface area contributed by atoms with E-state index in [4.69, 9.17) is 17.0 Å². The average molecular weight is 380 g/mol. The van der Waals surface area contributed by atoms with Gasteiger partial charge in [0.15, 0.2) is 0 Å². The molecule has 3 rings (SSSR count). The van der Waals surface area contributed by atoms with E-state index in [0.717, 1.165) is 38.8 Å². The SMILES string of the molecule is S=C(OC(/C=C\CCc1ccccc1)CCc1ccccc1)N1CCCC1. The van der Waals surface area contributed by atoms with Gasteiger partial charge in [-0.3, -0.25) is 0 Å². The van der Waals surface area contributed by atoms with Crippen molar-refractivity contribution in [3.05, 3.63) is 83.9 Å². The van der Waals surface area contributed by atoms with Crippen LogP contribution in [0.25, 0.3) is 0 Å². The standard InChI is InChI=1S/C24H29NOS/c27-24(25-19-9-10-20-25)26-23(18-17-22-13-5-2-6-14-22)16-8-7-15-21-11-3-1-4-12-21/h1-6,8,11-14,16,23H,7,9-10,15,17-20H2/b16-8-. The highest BCUT2D eigenvalue weighted by Gasteiger charge is 2.18. The van der Waals surface area contributed by atoms with E-state index in [1.165, 1.54) is 24.0 Å². The Morgan fingerprint density at radius 1 is 0.926 bits per heavy atom. The summed E-state index contributed by atoms with van der Waals surface area (Å²) in [4.78, 5) is 2.20. The number of rotatable bonds is 8. The first-order valence-electron chi connectivity index (χ1n) is 10.0. The van der Waals surface area contributed by atoms with Crippen LogP contribution in [0.4, 0.5) is 0 Å². The van der Waals surface area contributed by atoms with Crippen LogP contribution in [0, 0.1) is 0 Å². The van der Waals surface area contributed by atoms with Gasteiger partial charge < -0.3 is 9.64 Å². The van der Waals surface area contributed by atoms with Crippen LogP contribution in [0.2, 0.25) is 0 Å². The van der Waals surface area contributed by atoms with Gasteiger partial charge in [0.2, 0.25) is 0 Å². The minimum Gasteiger partial charge on any atom is -0.463 e. The van der Waals surface area contributed by atoms with Crippen LogP contribution in [0.1, 0.15) is 36.8 Å². The zero-order valence-corrected chi connectivity index (χ0v) is 16.7. The van der Waals surface area contributed by atoms with Crippen LogP contribution in [0.15, 0.2) is 72.8 Å². The zero-order chi connectivity index (χ0) is 18.7. The first-order valence-corrected chi connectivity index (χ1v) is 10.4. The van der Waals surface area contributed by atoms with Gasteiger partial charge in [0.25, 0.3) is 5.17 Å². The monoisotopic (exact) mass is 379 g/mol. The highest BCUT2D eigenvalue weighted by Crippen LogP contribution is 2.15. The molecule has 0 aromatic heterocycles. The number of ether oxygens (including phenoxy) is 1. The zero-order valence-electron chi connectivity index (χ0n) is 15.9. The van der Waals surface area contributed by atoms with Gasteiger partial charge in [0.05, 0.1) is 0 Å². The summed E-state index contributed by atoms with van der Waals surface area (Å²) < 4.78 is 6.18. The molecular formula is C24H29NOS. The van der Waals surface area contributed by atoms with Crippen LogP contribution >= 0.6 is 12.2 Å². The van der Waals surface area contributed by atoms with Gasteiger partial charge in [-0.15, -0.1) is 0 Å². The van der Waals surface area contributed by atoms with E-state index in [1.807, 2.05) is 0 Å². The maximum absolute atomic E-state index is 6.18. The number of aryl methyl sites for hydroxylation is 2. The first kappa shape index (κ1) is 19.6. The van der Waals surface area contributed by atoms with Gasteiger partial charge >= 0.3 is 0 Å². The largest absolute Gasteiger partial charge is 0.463 e. The Bertz CT molecular complexity index is 708. The number of hydrogen-bond donors (Lipinski definition) is 0. The highest BCUT2D eigenvalue weighted by molar-refractivity contribution is 7.80. The van der Waals surface area contributed by atoms with Crippen molar-refractivity contribution in [2.75, 3.05) is 13.1 Å². The third-order valence-electron chi connectivity index (χ3n) is 4.97. The normalized spacial score (nSPS) is 15.2. The quantitative estimate of drug-likeness (QED) is 0.439. The summed E-state index contributed by atoms with van der Waals surface area (Å²) in [7, 11) is 0. The summed E-state index contributed by atoms with van der Waals surface area (Å²) in [6.07, 6.45) is 10.9. The van der Waals surface area contributed by atoms with E-state index in [0.29, 0.717) is 5.17 Å². The molecule has 1 heterocycles. The molecule has 1 aliphatic heterocycles. The summed E-state index contributed by atoms with van der Waals surface area (Å²) in [5.41, 5.74) is 2.72. The molecule has 0 N–H and O–H groups in total. The van der Waals surface area contributed by atoms with Gasteiger partial charge in [-0.2, -0.15) is 0 Å². The van der Waals surface area contributed by atoms with Crippen molar-refractivity contribution < 1.29 is 4.74 Å². The predicted molar refractivity (Wildman–Crippen MR) is 117 cm³/mol. The van der Waals surface area contributed by atoms with Crippen molar-refractivity contribution in [2.45, 2.75) is 44.6 Å². The van der Waals surface area contributed by atoms with Gasteiger partial charge in [-0.1, -0.05) is 66.7 Å². The van der Waals surface area contributed by atoms with E-state index >= 15 is 0 Å². The molecule has 0 amide bonds. The van der Waals surface area contributed by atoms with Gasteiger partial charge in [-0.25, -0.2) is 0 Å². The Morgan fingerprint density at radius 3 is 2.15 bits per heavy atom. The molecular weight excluding hydrogens is 350 g/mol. The summed E-state index contributed by atoms with van der Waals surface area (Å²) in [5, 5.41) is 0.665. The number of likely N-dealkylation sites (tertiary alicyclic amines) is 1. The van der Waals surface area contributed by atoms with Crippen molar-refractivity contribution in [1.82, 2.24) is 4.90 Å². The molecule has 142 valence electrons. The second kappa shape index (κ2) is 10.9. The summed E-state index contributed by atoms with van der Waals surface area (Å²) in [6.45, 7) is 2.06. The summed E-state index contributed by atoms with van der Waals surface area (Å²) in [5.74, 6) is 0. The van der Waals surface area contributed by atoms with Crippen LogP contribution < -0.4 is 0 Å². The smallest absolute Gasteiger partial charge is 0.259 e. The third kappa shape index (κ3) is 6.84. The van der Waals surface area contributed by atoms with E-state index in [2.05, 4.69) is 77.7 Å². The maximum Gasteiger partial charge on any atom is 0.259 e. The Kier molecular flexibility index (Phi) is 7.91. The Labute approximate surface area is 168 Å². The first-order chi connectivity index (χ1) is 13.3. The summed E-state index contributed by atoms with van der Waals surface area (Å²) in [6, 6.07) is 21.2. The minimum absolute atomic E-state index is 0.0362. The van der Waals surface area contributed by atoms with Crippen LogP contribution in [-0.2, 0) is 17.6 Å². The fourth-order valence-corrected chi connectivity index (χ4v) is 3.70. The van der Waals surface area contributed by atoms with Gasteiger partial charge in [0, 0.05) is 13.1 Å². The lowest BCUT2D eigenvalue weighted by atomic mass is 10.1. The van der Waals surface area contributed by atoms with Crippen LogP contribution in [-0.4, -0.2) is 29.3 Å². The molecule has 2 aromatic carbocycles. The molecule has 0 spiro atoms. The van der Waals surface area contributed by atoms with E-state index in [9.17, 15) is 0 Å². The Balaban J connectivity index is 1.54. The van der Waals surface area contributed by atoms with Gasteiger partial charge in [-0.05, 0) is 67.9 Å². The molecule has 1 atom stereocenters. The Morgan fingerprint density at radius 2 is 1.52 bits per heavy atom. The number of benzene rings is 2. The van der Waals surface area contributed by atoms with Crippen molar-refractivity contribution in [3.63, 3.8) is 0 Å². The molecule has 3 heteroatoms. The highest BCUT2D eigenvalue weighted by atomic mass is 32.1. The lowest BCUT2D eigenvalue weighted by molar-refractivity contribution is 0.193. The lowest BCUT2D eigenvalue weighted by Crippen LogP contribution is -2.31. The van der Waals surface area contributed by atoms with Crippen LogP contribution in [0.3, 0.4) is 0 Å².